The van der Waals surface area contributed by atoms with Crippen molar-refractivity contribution in [1.82, 2.24) is 9.72 Å². The standard InChI is InChI=1S/C14H20N2O/c1-4-15-11(2)9-12-7-8-16-10-13(17-3)5-6-14(12)16/h5-8,10-11,15H,4,9H2,1-3H3. The maximum absolute atomic E-state index is 5.22. The molecule has 0 saturated heterocycles. The van der Waals surface area contributed by atoms with Crippen LogP contribution in [0.2, 0.25) is 0 Å². The van der Waals surface area contributed by atoms with Gasteiger partial charge in [0.15, 0.2) is 0 Å². The summed E-state index contributed by atoms with van der Waals surface area (Å²) in [5, 5.41) is 3.44. The zero-order valence-electron chi connectivity index (χ0n) is 10.7. The van der Waals surface area contributed by atoms with Crippen LogP contribution in [0.15, 0.2) is 30.6 Å². The van der Waals surface area contributed by atoms with Crippen molar-refractivity contribution < 1.29 is 4.74 Å². The van der Waals surface area contributed by atoms with E-state index in [2.05, 4.69) is 41.9 Å². The van der Waals surface area contributed by atoms with Crippen LogP contribution >= 0.6 is 0 Å². The maximum atomic E-state index is 5.22. The van der Waals surface area contributed by atoms with Crippen molar-refractivity contribution in [3.63, 3.8) is 0 Å². The number of methoxy groups -OCH3 is 1. The van der Waals surface area contributed by atoms with Gasteiger partial charge in [-0.25, -0.2) is 0 Å². The summed E-state index contributed by atoms with van der Waals surface area (Å²) < 4.78 is 7.34. The van der Waals surface area contributed by atoms with E-state index >= 15 is 0 Å². The van der Waals surface area contributed by atoms with E-state index in [1.165, 1.54) is 11.1 Å². The van der Waals surface area contributed by atoms with Gasteiger partial charge < -0.3 is 14.5 Å². The van der Waals surface area contributed by atoms with Gasteiger partial charge in [0.05, 0.1) is 13.3 Å². The minimum absolute atomic E-state index is 0.508. The highest BCUT2D eigenvalue weighted by atomic mass is 16.5. The number of ether oxygens (including phenoxy) is 1. The van der Waals surface area contributed by atoms with Crippen molar-refractivity contribution in [1.29, 1.82) is 0 Å². The second-order valence-electron chi connectivity index (χ2n) is 4.37. The first kappa shape index (κ1) is 12.0. The Morgan fingerprint density at radius 1 is 1.35 bits per heavy atom. The van der Waals surface area contributed by atoms with Gasteiger partial charge in [-0.15, -0.1) is 0 Å². The van der Waals surface area contributed by atoms with Crippen molar-refractivity contribution in [2.24, 2.45) is 0 Å². The Balaban J connectivity index is 2.24. The second kappa shape index (κ2) is 5.23. The number of hydrogen-bond donors (Lipinski definition) is 1. The van der Waals surface area contributed by atoms with Gasteiger partial charge in [0.25, 0.3) is 0 Å². The van der Waals surface area contributed by atoms with Gasteiger partial charge in [-0.1, -0.05) is 6.92 Å². The maximum Gasteiger partial charge on any atom is 0.135 e. The summed E-state index contributed by atoms with van der Waals surface area (Å²) in [4.78, 5) is 0. The lowest BCUT2D eigenvalue weighted by Gasteiger charge is -2.11. The zero-order valence-corrected chi connectivity index (χ0v) is 10.7. The molecule has 2 rings (SSSR count). The molecular formula is C14H20N2O. The molecule has 1 unspecified atom stereocenters. The third-order valence-electron chi connectivity index (χ3n) is 3.03. The smallest absolute Gasteiger partial charge is 0.135 e. The lowest BCUT2D eigenvalue weighted by molar-refractivity contribution is 0.412. The number of nitrogens with one attached hydrogen (secondary N) is 1. The molecule has 0 radical (unpaired) electrons. The number of fused-ring (bicyclic) bond motifs is 1. The van der Waals surface area contributed by atoms with Crippen molar-refractivity contribution in [3.05, 3.63) is 36.2 Å². The summed E-state index contributed by atoms with van der Waals surface area (Å²) >= 11 is 0. The molecule has 17 heavy (non-hydrogen) atoms. The Bertz CT molecular complexity index is 490. The number of rotatable bonds is 5. The van der Waals surface area contributed by atoms with Gasteiger partial charge >= 0.3 is 0 Å². The molecule has 0 aliphatic rings. The zero-order chi connectivity index (χ0) is 12.3. The lowest BCUT2D eigenvalue weighted by atomic mass is 10.1. The molecule has 3 heteroatoms. The molecule has 0 aromatic carbocycles. The summed E-state index contributed by atoms with van der Waals surface area (Å²) in [6, 6.07) is 6.82. The first-order valence-electron chi connectivity index (χ1n) is 6.11. The van der Waals surface area contributed by atoms with E-state index in [-0.39, 0.29) is 0 Å². The van der Waals surface area contributed by atoms with Crippen molar-refractivity contribution in [3.8, 4) is 5.75 Å². The molecular weight excluding hydrogens is 212 g/mol. The minimum atomic E-state index is 0.508. The van der Waals surface area contributed by atoms with Crippen LogP contribution in [0.25, 0.3) is 5.52 Å². The normalized spacial score (nSPS) is 12.9. The van der Waals surface area contributed by atoms with Crippen LogP contribution in [0, 0.1) is 0 Å². The molecule has 0 amide bonds. The molecule has 0 aliphatic heterocycles. The van der Waals surface area contributed by atoms with Crippen molar-refractivity contribution >= 4 is 5.52 Å². The lowest BCUT2D eigenvalue weighted by Crippen LogP contribution is -2.27. The Labute approximate surface area is 102 Å². The molecule has 0 bridgehead atoms. The molecule has 0 fully saturated rings. The van der Waals surface area contributed by atoms with Crippen LogP contribution in [0.5, 0.6) is 5.75 Å². The Morgan fingerprint density at radius 3 is 2.88 bits per heavy atom. The second-order valence-corrected chi connectivity index (χ2v) is 4.37. The van der Waals surface area contributed by atoms with Gasteiger partial charge in [0, 0.05) is 17.8 Å². The van der Waals surface area contributed by atoms with E-state index in [0.717, 1.165) is 18.7 Å². The summed E-state index contributed by atoms with van der Waals surface area (Å²) in [6.07, 6.45) is 5.15. The van der Waals surface area contributed by atoms with Crippen LogP contribution in [0.1, 0.15) is 19.4 Å². The summed E-state index contributed by atoms with van der Waals surface area (Å²) in [6.45, 7) is 5.37. The van der Waals surface area contributed by atoms with Gasteiger partial charge in [-0.2, -0.15) is 0 Å². The van der Waals surface area contributed by atoms with E-state index in [4.69, 9.17) is 4.74 Å². The highest BCUT2D eigenvalue weighted by molar-refractivity contribution is 5.57. The van der Waals surface area contributed by atoms with Gasteiger partial charge in [-0.05, 0) is 43.7 Å². The fourth-order valence-corrected chi connectivity index (χ4v) is 2.19. The van der Waals surface area contributed by atoms with E-state index in [1.54, 1.807) is 7.11 Å². The molecule has 2 aromatic heterocycles. The Morgan fingerprint density at radius 2 is 2.18 bits per heavy atom. The minimum Gasteiger partial charge on any atom is -0.495 e. The Kier molecular flexibility index (Phi) is 3.69. The molecule has 0 spiro atoms. The van der Waals surface area contributed by atoms with Crippen LogP contribution in [0.4, 0.5) is 0 Å². The first-order valence-corrected chi connectivity index (χ1v) is 6.11. The number of hydrogen-bond acceptors (Lipinski definition) is 2. The molecule has 92 valence electrons. The third kappa shape index (κ3) is 2.61. The average molecular weight is 232 g/mol. The average Bonchev–Trinajstić information content (AvgIpc) is 2.72. The van der Waals surface area contributed by atoms with Crippen molar-refractivity contribution in [2.75, 3.05) is 13.7 Å². The molecule has 0 saturated carbocycles. The molecule has 3 nitrogen and oxygen atoms in total. The number of pyridine rings is 1. The fraction of sp³-hybridized carbons (Fsp3) is 0.429. The monoisotopic (exact) mass is 232 g/mol. The molecule has 1 N–H and O–H groups in total. The molecule has 2 heterocycles. The number of likely N-dealkylation sites (N-methyl/N-ethyl adjacent to an activating group) is 1. The van der Waals surface area contributed by atoms with E-state index in [1.807, 2.05) is 12.3 Å². The fourth-order valence-electron chi connectivity index (χ4n) is 2.19. The SMILES string of the molecule is CCNC(C)Cc1ccn2cc(OC)ccc12. The van der Waals surface area contributed by atoms with Gasteiger partial charge in [-0.3, -0.25) is 0 Å². The highest BCUT2D eigenvalue weighted by Crippen LogP contribution is 2.18. The highest BCUT2D eigenvalue weighted by Gasteiger charge is 2.07. The molecule has 2 aromatic rings. The van der Waals surface area contributed by atoms with Crippen molar-refractivity contribution in [2.45, 2.75) is 26.3 Å². The van der Waals surface area contributed by atoms with E-state index < -0.39 is 0 Å². The van der Waals surface area contributed by atoms with Gasteiger partial charge in [0.2, 0.25) is 0 Å². The number of aromatic nitrogens is 1. The van der Waals surface area contributed by atoms with Gasteiger partial charge in [0.1, 0.15) is 5.75 Å². The van der Waals surface area contributed by atoms with Crippen LogP contribution in [-0.2, 0) is 6.42 Å². The van der Waals surface area contributed by atoms with E-state index in [9.17, 15) is 0 Å². The predicted molar refractivity (Wildman–Crippen MR) is 70.8 cm³/mol. The van der Waals surface area contributed by atoms with Crippen LogP contribution < -0.4 is 10.1 Å². The quantitative estimate of drug-likeness (QED) is 0.857. The van der Waals surface area contributed by atoms with E-state index in [0.29, 0.717) is 6.04 Å². The van der Waals surface area contributed by atoms with Crippen LogP contribution in [0.3, 0.4) is 0 Å². The Hall–Kier alpha value is -1.48. The topological polar surface area (TPSA) is 25.7 Å². The summed E-state index contributed by atoms with van der Waals surface area (Å²) in [7, 11) is 1.69. The molecule has 1 atom stereocenters. The summed E-state index contributed by atoms with van der Waals surface area (Å²) in [5.74, 6) is 0.888. The number of nitrogens with zero attached hydrogens (tertiary/aromatic N) is 1. The molecule has 0 aliphatic carbocycles. The first-order chi connectivity index (χ1) is 8.24. The van der Waals surface area contributed by atoms with Crippen LogP contribution in [-0.4, -0.2) is 24.1 Å². The third-order valence-corrected chi connectivity index (χ3v) is 3.03. The summed E-state index contributed by atoms with van der Waals surface area (Å²) in [5.41, 5.74) is 2.64. The largest absolute Gasteiger partial charge is 0.495 e. The predicted octanol–water partition coefficient (Wildman–Crippen LogP) is 2.49.